The van der Waals surface area contributed by atoms with Crippen LogP contribution in [0.5, 0.6) is 0 Å². The van der Waals surface area contributed by atoms with Crippen LogP contribution in [0.1, 0.15) is 52.4 Å². The van der Waals surface area contributed by atoms with E-state index < -0.39 is 5.54 Å². The molecule has 0 aromatic heterocycles. The Morgan fingerprint density at radius 1 is 1.43 bits per heavy atom. The van der Waals surface area contributed by atoms with Gasteiger partial charge in [0, 0.05) is 13.7 Å². The first-order valence-electron chi connectivity index (χ1n) is 8.03. The van der Waals surface area contributed by atoms with Gasteiger partial charge in [-0.2, -0.15) is 0 Å². The Bertz CT molecular complexity index is 340. The third-order valence-electron chi connectivity index (χ3n) is 4.13. The van der Waals surface area contributed by atoms with Gasteiger partial charge in [0.05, 0.1) is 12.9 Å². The van der Waals surface area contributed by atoms with Crippen LogP contribution in [0.15, 0.2) is 0 Å². The first kappa shape index (κ1) is 18.1. The topological polar surface area (TPSA) is 79.4 Å². The minimum atomic E-state index is -1.01. The fourth-order valence-corrected chi connectivity index (χ4v) is 3.00. The summed E-state index contributed by atoms with van der Waals surface area (Å²) in [4.78, 5) is 13.8. The SMILES string of the molecule is CC(C)COCC(N)(CC1CCCCC1)C(=O)N(C)C=N. The van der Waals surface area contributed by atoms with Crippen molar-refractivity contribution in [2.45, 2.75) is 57.9 Å². The molecule has 0 radical (unpaired) electrons. The molecule has 0 aromatic carbocycles. The average Bonchev–Trinajstić information content (AvgIpc) is 2.46. The van der Waals surface area contributed by atoms with Crippen molar-refractivity contribution in [3.8, 4) is 0 Å². The van der Waals surface area contributed by atoms with Gasteiger partial charge in [0.25, 0.3) is 0 Å². The van der Waals surface area contributed by atoms with E-state index in [1.54, 1.807) is 7.05 Å². The zero-order valence-electron chi connectivity index (χ0n) is 13.7. The van der Waals surface area contributed by atoms with Gasteiger partial charge >= 0.3 is 0 Å². The van der Waals surface area contributed by atoms with Gasteiger partial charge in [-0.15, -0.1) is 0 Å². The second kappa shape index (κ2) is 8.49. The molecule has 3 N–H and O–H groups in total. The van der Waals surface area contributed by atoms with Gasteiger partial charge in [0.2, 0.25) is 5.91 Å². The zero-order valence-corrected chi connectivity index (χ0v) is 13.7. The van der Waals surface area contributed by atoms with Gasteiger partial charge in [-0.1, -0.05) is 46.0 Å². The van der Waals surface area contributed by atoms with Crippen LogP contribution in [0.25, 0.3) is 0 Å². The fraction of sp³-hybridized carbons (Fsp3) is 0.875. The van der Waals surface area contributed by atoms with Crippen molar-refractivity contribution in [2.24, 2.45) is 17.6 Å². The zero-order chi connectivity index (χ0) is 15.9. The highest BCUT2D eigenvalue weighted by Crippen LogP contribution is 2.30. The van der Waals surface area contributed by atoms with E-state index in [0.29, 0.717) is 24.9 Å². The summed E-state index contributed by atoms with van der Waals surface area (Å²) >= 11 is 0. The van der Waals surface area contributed by atoms with Crippen molar-refractivity contribution >= 4 is 12.2 Å². The molecule has 1 unspecified atom stereocenters. The van der Waals surface area contributed by atoms with E-state index in [2.05, 4.69) is 13.8 Å². The largest absolute Gasteiger partial charge is 0.379 e. The predicted molar refractivity (Wildman–Crippen MR) is 85.3 cm³/mol. The molecule has 21 heavy (non-hydrogen) atoms. The van der Waals surface area contributed by atoms with Gasteiger partial charge in [-0.3, -0.25) is 10.2 Å². The molecule has 1 fully saturated rings. The molecule has 0 bridgehead atoms. The Labute approximate surface area is 128 Å². The number of carbonyl (C=O) groups excluding carboxylic acids is 1. The summed E-state index contributed by atoms with van der Waals surface area (Å²) in [6, 6.07) is 0. The number of amides is 1. The third kappa shape index (κ3) is 5.75. The van der Waals surface area contributed by atoms with Crippen molar-refractivity contribution in [3.63, 3.8) is 0 Å². The highest BCUT2D eigenvalue weighted by Gasteiger charge is 2.38. The van der Waals surface area contributed by atoms with Crippen LogP contribution < -0.4 is 5.73 Å². The van der Waals surface area contributed by atoms with Crippen LogP contribution in [0.4, 0.5) is 0 Å². The van der Waals surface area contributed by atoms with Crippen LogP contribution in [0, 0.1) is 17.2 Å². The third-order valence-corrected chi connectivity index (χ3v) is 4.13. The van der Waals surface area contributed by atoms with Crippen LogP contribution in [-0.4, -0.2) is 42.9 Å². The van der Waals surface area contributed by atoms with Gasteiger partial charge in [-0.05, 0) is 18.3 Å². The van der Waals surface area contributed by atoms with Crippen molar-refractivity contribution in [1.29, 1.82) is 5.41 Å². The van der Waals surface area contributed by atoms with E-state index in [-0.39, 0.29) is 12.5 Å². The Kier molecular flexibility index (Phi) is 7.32. The first-order chi connectivity index (χ1) is 9.89. The molecule has 0 aliphatic heterocycles. The molecule has 5 nitrogen and oxygen atoms in total. The van der Waals surface area contributed by atoms with Crippen LogP contribution in [0.2, 0.25) is 0 Å². The second-order valence-electron chi connectivity index (χ2n) is 6.82. The number of hydrogen-bond donors (Lipinski definition) is 2. The van der Waals surface area contributed by atoms with E-state index in [1.807, 2.05) is 0 Å². The Hall–Kier alpha value is -0.940. The molecule has 1 aliphatic carbocycles. The Morgan fingerprint density at radius 3 is 2.57 bits per heavy atom. The monoisotopic (exact) mass is 297 g/mol. The summed E-state index contributed by atoms with van der Waals surface area (Å²) in [5.41, 5.74) is 5.40. The lowest BCUT2D eigenvalue weighted by molar-refractivity contribution is -0.135. The summed E-state index contributed by atoms with van der Waals surface area (Å²) in [7, 11) is 1.58. The van der Waals surface area contributed by atoms with Gasteiger partial charge < -0.3 is 15.4 Å². The molecule has 1 saturated carbocycles. The number of rotatable bonds is 8. The molecule has 122 valence electrons. The molecular formula is C16H31N3O2. The normalized spacial score (nSPS) is 19.3. The number of nitrogens with two attached hydrogens (primary N) is 1. The molecule has 5 heteroatoms. The van der Waals surface area contributed by atoms with E-state index >= 15 is 0 Å². The van der Waals surface area contributed by atoms with Crippen molar-refractivity contribution in [1.82, 2.24) is 4.90 Å². The van der Waals surface area contributed by atoms with Gasteiger partial charge in [-0.25, -0.2) is 0 Å². The van der Waals surface area contributed by atoms with E-state index in [9.17, 15) is 4.79 Å². The lowest BCUT2D eigenvalue weighted by atomic mass is 9.79. The summed E-state index contributed by atoms with van der Waals surface area (Å²) in [5.74, 6) is 0.695. The maximum Gasteiger partial charge on any atom is 0.249 e. The summed E-state index contributed by atoms with van der Waals surface area (Å²) in [6.07, 6.45) is 7.70. The smallest absolute Gasteiger partial charge is 0.249 e. The van der Waals surface area contributed by atoms with Crippen molar-refractivity contribution in [2.75, 3.05) is 20.3 Å². The molecule has 0 spiro atoms. The molecule has 1 rings (SSSR count). The first-order valence-corrected chi connectivity index (χ1v) is 8.03. The van der Waals surface area contributed by atoms with E-state index in [1.165, 1.54) is 24.2 Å². The Morgan fingerprint density at radius 2 is 2.05 bits per heavy atom. The number of ether oxygens (including phenoxy) is 1. The minimum absolute atomic E-state index is 0.216. The molecular weight excluding hydrogens is 266 g/mol. The van der Waals surface area contributed by atoms with Crippen molar-refractivity contribution in [3.05, 3.63) is 0 Å². The van der Waals surface area contributed by atoms with Crippen LogP contribution in [0.3, 0.4) is 0 Å². The maximum absolute atomic E-state index is 12.5. The standard InChI is InChI=1S/C16H31N3O2/c1-13(2)10-21-11-16(18,15(20)19(3)12-17)9-14-7-5-4-6-8-14/h12-14,17H,4-11,18H2,1-3H3. The number of hydrogen-bond acceptors (Lipinski definition) is 4. The summed E-state index contributed by atoms with van der Waals surface area (Å²) in [5, 5.41) is 7.27. The summed E-state index contributed by atoms with van der Waals surface area (Å²) < 4.78 is 5.67. The van der Waals surface area contributed by atoms with Crippen LogP contribution in [-0.2, 0) is 9.53 Å². The predicted octanol–water partition coefficient (Wildman–Crippen LogP) is 2.39. The quantitative estimate of drug-likeness (QED) is 0.533. The fourth-order valence-electron chi connectivity index (χ4n) is 3.00. The molecule has 1 atom stereocenters. The highest BCUT2D eigenvalue weighted by molar-refractivity contribution is 5.93. The van der Waals surface area contributed by atoms with Crippen LogP contribution >= 0.6 is 0 Å². The molecule has 1 aliphatic rings. The Balaban J connectivity index is 2.71. The summed E-state index contributed by atoms with van der Waals surface area (Å²) in [6.45, 7) is 4.99. The number of likely N-dealkylation sites (N-methyl/N-ethyl adjacent to an activating group) is 1. The number of carbonyl (C=O) groups is 1. The number of nitrogens with zero attached hydrogens (tertiary/aromatic N) is 1. The van der Waals surface area contributed by atoms with Crippen molar-refractivity contribution < 1.29 is 9.53 Å². The lowest BCUT2D eigenvalue weighted by Crippen LogP contribution is -2.58. The minimum Gasteiger partial charge on any atom is -0.379 e. The average molecular weight is 297 g/mol. The lowest BCUT2D eigenvalue weighted by Gasteiger charge is -2.35. The molecule has 0 saturated heterocycles. The van der Waals surface area contributed by atoms with E-state index in [4.69, 9.17) is 15.9 Å². The maximum atomic E-state index is 12.5. The highest BCUT2D eigenvalue weighted by atomic mass is 16.5. The van der Waals surface area contributed by atoms with Gasteiger partial charge in [0.1, 0.15) is 5.54 Å². The molecule has 0 aromatic rings. The number of nitrogens with one attached hydrogen (secondary N) is 1. The second-order valence-corrected chi connectivity index (χ2v) is 6.82. The van der Waals surface area contributed by atoms with Gasteiger partial charge in [0.15, 0.2) is 0 Å². The molecule has 1 amide bonds. The van der Waals surface area contributed by atoms with E-state index in [0.717, 1.165) is 19.2 Å². The molecule has 0 heterocycles.